The lowest BCUT2D eigenvalue weighted by Gasteiger charge is -2.16. The van der Waals surface area contributed by atoms with Crippen LogP contribution in [0, 0.1) is 77.9 Å². The van der Waals surface area contributed by atoms with Crippen LogP contribution in [0.25, 0.3) is 0 Å². The van der Waals surface area contributed by atoms with Crippen molar-refractivity contribution in [2.45, 2.75) is 262 Å². The summed E-state index contributed by atoms with van der Waals surface area (Å²) in [6.45, 7) is 54.1. The molecule has 107 heavy (non-hydrogen) atoms. The molecule has 0 fully saturated rings. The Hall–Kier alpha value is -7.73. The minimum absolute atomic E-state index is 0.0521. The third-order valence-corrected chi connectivity index (χ3v) is 16.0. The van der Waals surface area contributed by atoms with Crippen LogP contribution in [0.2, 0.25) is 0 Å². The highest BCUT2D eigenvalue weighted by atomic mass is 16.6. The molecule has 23 nitrogen and oxygen atoms in total. The van der Waals surface area contributed by atoms with Crippen molar-refractivity contribution >= 4 is 47.8 Å². The molecule has 8 N–H and O–H groups in total. The van der Waals surface area contributed by atoms with Crippen LogP contribution in [0.15, 0.2) is 103 Å². The highest BCUT2D eigenvalue weighted by molar-refractivity contribution is 5.94. The first-order valence-electron chi connectivity index (χ1n) is 38.1. The molecule has 0 aliphatic carbocycles. The predicted molar refractivity (Wildman–Crippen MR) is 419 cm³/mol. The van der Waals surface area contributed by atoms with Gasteiger partial charge in [0.05, 0.1) is 51.3 Å². The second kappa shape index (κ2) is 54.8. The summed E-state index contributed by atoms with van der Waals surface area (Å²) in [5.74, 6) is 6.33. The lowest BCUT2D eigenvalue weighted by Crippen LogP contribution is -2.37. The minimum atomic E-state index is -0.599. The fraction of sp³-hybridized carbons (Fsp3) is 0.655. The Balaban J connectivity index is 0. The Bertz CT molecular complexity index is 3210. The smallest absolute Gasteiger partial charge is 0.464 e. The van der Waals surface area contributed by atoms with Gasteiger partial charge in [-0.15, -0.1) is 0 Å². The number of carbonyl (C=O) groups is 8. The van der Waals surface area contributed by atoms with Crippen LogP contribution in [0.5, 0.6) is 0 Å². The van der Waals surface area contributed by atoms with Gasteiger partial charge in [0.15, 0.2) is 0 Å². The maximum atomic E-state index is 11.5. The summed E-state index contributed by atoms with van der Waals surface area (Å²) in [6, 6.07) is 15.3. The molecule has 23 heteroatoms. The van der Waals surface area contributed by atoms with Gasteiger partial charge in [-0.25, -0.2) is 9.59 Å². The minimum Gasteiger partial charge on any atom is -0.464 e. The quantitative estimate of drug-likeness (QED) is 0.0428. The summed E-state index contributed by atoms with van der Waals surface area (Å²) in [5.41, 5.74) is 26.1. The second-order valence-electron chi connectivity index (χ2n) is 31.0. The number of ether oxygens (including phenoxy) is 8. The fourth-order valence-corrected chi connectivity index (χ4v) is 8.86. The van der Waals surface area contributed by atoms with Gasteiger partial charge in [-0.1, -0.05) is 215 Å². The molecule has 0 bridgehead atoms. The molecule has 608 valence electrons. The Morgan fingerprint density at radius 2 is 0.907 bits per heavy atom. The molecule has 7 atom stereocenters. The molecule has 3 unspecified atom stereocenters. The molecule has 3 aromatic rings. The Morgan fingerprint density at radius 3 is 1.27 bits per heavy atom. The van der Waals surface area contributed by atoms with E-state index in [1.165, 1.54) is 0 Å². The third-order valence-electron chi connectivity index (χ3n) is 16.0. The summed E-state index contributed by atoms with van der Waals surface area (Å²) >= 11 is 0. The van der Waals surface area contributed by atoms with Crippen molar-refractivity contribution in [2.75, 3.05) is 26.4 Å². The van der Waals surface area contributed by atoms with Crippen LogP contribution in [0.1, 0.15) is 251 Å². The first-order chi connectivity index (χ1) is 49.8. The maximum Gasteiger partial charge on any atom is 0.519 e. The van der Waals surface area contributed by atoms with Crippen molar-refractivity contribution in [3.63, 3.8) is 0 Å². The lowest BCUT2D eigenvalue weighted by molar-refractivity contribution is -0.148. The zero-order chi connectivity index (χ0) is 82.5. The average molecular weight is 1510 g/mol. The highest BCUT2D eigenvalue weighted by Crippen LogP contribution is 2.35. The maximum absolute atomic E-state index is 11.5. The van der Waals surface area contributed by atoms with E-state index in [0.29, 0.717) is 142 Å². The lowest BCUT2D eigenvalue weighted by atomic mass is 9.94. The number of esters is 8. The SMILES string of the molecule is CC(C)C(C)C1=CCC(=O)O1.CC(C)C1OC(=O)c2ccccc21.CC(C)CC1=CCC(=O)O1.CC(C)COC(=O)[C@@H](N)C(C)C.CC(C)COC(=O)[C@@H](N)Cc1ccccc1.CC1=C(C(C)C(C)C)OC(=O)C1.CC[C@H](N)C(=O)OCC(C)C.CC[C@H](N)C(=O)OCC(C)C.Cc1oc(=O)oc1CC(C)C. The Labute approximate surface area is 640 Å². The summed E-state index contributed by atoms with van der Waals surface area (Å²) in [4.78, 5) is 98.6. The zero-order valence-electron chi connectivity index (χ0n) is 69.7. The van der Waals surface area contributed by atoms with Crippen molar-refractivity contribution in [3.8, 4) is 0 Å². The van der Waals surface area contributed by atoms with Crippen molar-refractivity contribution in [3.05, 3.63) is 128 Å². The van der Waals surface area contributed by atoms with Gasteiger partial charge in [0.2, 0.25) is 0 Å². The largest absolute Gasteiger partial charge is 0.519 e. The van der Waals surface area contributed by atoms with Crippen LogP contribution in [-0.2, 0) is 84.3 Å². The number of allylic oxidation sites excluding steroid dienone is 3. The number of fused-ring (bicyclic) bond motifs is 1. The normalized spacial score (nSPS) is 15.6. The molecule has 0 spiro atoms. The highest BCUT2D eigenvalue weighted by Gasteiger charge is 2.33. The summed E-state index contributed by atoms with van der Waals surface area (Å²) < 4.78 is 49.6. The van der Waals surface area contributed by atoms with Gasteiger partial charge < -0.3 is 69.7 Å². The topological polar surface area (TPSA) is 358 Å². The molecule has 4 aliphatic heterocycles. The van der Waals surface area contributed by atoms with Crippen molar-refractivity contribution in [1.29, 1.82) is 0 Å². The molecule has 1 aromatic heterocycles. The van der Waals surface area contributed by atoms with Gasteiger partial charge in [0.25, 0.3) is 0 Å². The van der Waals surface area contributed by atoms with E-state index in [2.05, 4.69) is 83.1 Å². The summed E-state index contributed by atoms with van der Waals surface area (Å²) in [6.07, 6.45) is 8.52. The number of benzene rings is 2. The monoisotopic (exact) mass is 1510 g/mol. The fourth-order valence-electron chi connectivity index (χ4n) is 8.86. The number of aryl methyl sites for hydroxylation is 1. The molecule has 2 aromatic carbocycles. The number of nitrogens with two attached hydrogens (primary N) is 4. The van der Waals surface area contributed by atoms with Crippen molar-refractivity contribution in [2.24, 2.45) is 93.9 Å². The number of carbonyl (C=O) groups excluding carboxylic acids is 8. The molecular weight excluding hydrogens is 1370 g/mol. The number of rotatable bonds is 26. The van der Waals surface area contributed by atoms with Gasteiger partial charge in [-0.2, -0.15) is 0 Å². The summed E-state index contributed by atoms with van der Waals surface area (Å²) in [7, 11) is 0. The standard InChI is InChI=1S/C13H19NO2.C11H12O2.C10H16O2.C9H19NO2.C9H14O2.2C8H17NO2.C8H12O3.C8H12O2/c1-10(2)9-16-13(15)12(14)8-11-6-4-3-5-7-11;1-7(2)10-8-5-3-4-6-9(8)11(12)13-10;1-6(2)8(4)10-7(3)5-9(11)12-10;1-6(2)5-12-9(11)8(10)7(3)4;1-6(2)7(3)8-4-5-9(10)11-8;2*1-4-7(9)8(10)11-5-6(2)3;1-5(2)4-7-6(3)10-8(9)11-7;1-6(2)5-7-3-4-8(9)10-7/h3-7,10,12H,8-9,14H2,1-2H3;3-7,10H,1-2H3;6,8H,5H2,1-4H3;6-8H,5,10H2,1-4H3;4,6-7H,5H2,1-3H3;2*6-7H,4-5,9H2,1-3H3;5H,4H2,1-3H3;3,6H,4-5H2,1-2H3/t12-;;;8-;;2*7-;;/m0..0.00../s1. The zero-order valence-corrected chi connectivity index (χ0v) is 69.7. The Morgan fingerprint density at radius 1 is 0.467 bits per heavy atom. The Kier molecular flexibility index (Phi) is 51.9. The van der Waals surface area contributed by atoms with Gasteiger partial charge >= 0.3 is 53.6 Å². The molecule has 4 aliphatic rings. The van der Waals surface area contributed by atoms with Crippen LogP contribution >= 0.6 is 0 Å². The number of hydrogen-bond acceptors (Lipinski definition) is 23. The molecule has 0 saturated heterocycles. The first-order valence-corrected chi connectivity index (χ1v) is 38.1. The molecule has 7 rings (SSSR count). The van der Waals surface area contributed by atoms with E-state index in [0.717, 1.165) is 52.4 Å². The van der Waals surface area contributed by atoms with E-state index < -0.39 is 30.0 Å². The number of hydrogen-bond donors (Lipinski definition) is 4. The average Bonchev–Trinajstić information content (AvgIpc) is 1.66. The second-order valence-corrected chi connectivity index (χ2v) is 31.0. The molecule has 0 amide bonds. The predicted octanol–water partition coefficient (Wildman–Crippen LogP) is 15.5. The van der Waals surface area contributed by atoms with Crippen LogP contribution in [0.4, 0.5) is 0 Å². The van der Waals surface area contributed by atoms with E-state index in [1.54, 1.807) is 6.92 Å². The molecular formula is C84H138N4O19. The van der Waals surface area contributed by atoms with Crippen LogP contribution < -0.4 is 28.8 Å². The van der Waals surface area contributed by atoms with Crippen molar-refractivity contribution < 1.29 is 85.1 Å². The van der Waals surface area contributed by atoms with Crippen LogP contribution in [0.3, 0.4) is 0 Å². The van der Waals surface area contributed by atoms with Crippen molar-refractivity contribution in [1.82, 2.24) is 0 Å². The van der Waals surface area contributed by atoms with E-state index >= 15 is 0 Å². The van der Waals surface area contributed by atoms with E-state index in [9.17, 15) is 43.2 Å². The van der Waals surface area contributed by atoms with Crippen LogP contribution in [-0.4, -0.2) is 98.3 Å². The van der Waals surface area contributed by atoms with E-state index in [1.807, 2.05) is 157 Å². The van der Waals surface area contributed by atoms with E-state index in [-0.39, 0.29) is 59.8 Å². The number of cyclic esters (lactones) is 4. The molecule has 0 saturated carbocycles. The van der Waals surface area contributed by atoms with Gasteiger partial charge in [0, 0.05) is 30.2 Å². The summed E-state index contributed by atoms with van der Waals surface area (Å²) in [5, 5.41) is 0. The van der Waals surface area contributed by atoms with Gasteiger partial charge in [0.1, 0.15) is 59.1 Å². The third kappa shape index (κ3) is 45.6. The van der Waals surface area contributed by atoms with Gasteiger partial charge in [-0.05, 0) is 122 Å². The molecule has 0 radical (unpaired) electrons. The first kappa shape index (κ1) is 101. The van der Waals surface area contributed by atoms with Gasteiger partial charge in [-0.3, -0.25) is 33.6 Å². The molecule has 5 heterocycles. The van der Waals surface area contributed by atoms with E-state index in [4.69, 9.17) is 69.7 Å².